The van der Waals surface area contributed by atoms with Gasteiger partial charge >= 0.3 is 0 Å². The Morgan fingerprint density at radius 2 is 2.05 bits per heavy atom. The topological polar surface area (TPSA) is 34.2 Å². The van der Waals surface area contributed by atoms with E-state index in [1.165, 1.54) is 11.6 Å². The normalized spacial score (nSPS) is 15.6. The average Bonchev–Trinajstić information content (AvgIpc) is 2.71. The lowest BCUT2D eigenvalue weighted by atomic mass is 10.0. The first kappa shape index (κ1) is 12.9. The van der Waals surface area contributed by atoms with E-state index in [2.05, 4.69) is 30.2 Å². The third-order valence-corrected chi connectivity index (χ3v) is 3.35. The van der Waals surface area contributed by atoms with Crippen molar-refractivity contribution in [1.82, 2.24) is 4.98 Å². The molecule has 0 radical (unpaired) electrons. The lowest BCUT2D eigenvalue weighted by molar-refractivity contribution is 0.137. The number of fused-ring (bicyclic) bond motifs is 1. The number of para-hydroxylation sites is 1. The van der Waals surface area contributed by atoms with E-state index in [1.807, 2.05) is 12.1 Å². The van der Waals surface area contributed by atoms with Gasteiger partial charge in [0.2, 0.25) is 5.95 Å². The summed E-state index contributed by atoms with van der Waals surface area (Å²) in [6.45, 7) is 4.73. The van der Waals surface area contributed by atoms with Crippen LogP contribution in [-0.2, 0) is 13.0 Å². The van der Waals surface area contributed by atoms with Crippen LogP contribution in [-0.4, -0.2) is 10.6 Å². The molecule has 0 saturated carbocycles. The number of rotatable bonds is 3. The van der Waals surface area contributed by atoms with Crippen LogP contribution in [0.3, 0.4) is 0 Å². The first-order chi connectivity index (χ1) is 9.53. The van der Waals surface area contributed by atoms with Gasteiger partial charge in [0.25, 0.3) is 0 Å². The lowest BCUT2D eigenvalue weighted by Crippen LogP contribution is -2.25. The fourth-order valence-electron chi connectivity index (χ4n) is 2.51. The molecule has 20 heavy (non-hydrogen) atoms. The maximum atomic E-state index is 13.0. The molecule has 1 aliphatic heterocycles. The molecule has 0 saturated heterocycles. The van der Waals surface area contributed by atoms with Gasteiger partial charge in [-0.2, -0.15) is 4.39 Å². The molecule has 104 valence electrons. The number of halogens is 1. The quantitative estimate of drug-likeness (QED) is 0.868. The minimum atomic E-state index is -0.481. The number of nitrogens with one attached hydrogen (secondary N) is 1. The van der Waals surface area contributed by atoms with E-state index in [9.17, 15) is 4.39 Å². The minimum Gasteiger partial charge on any atom is -0.487 e. The van der Waals surface area contributed by atoms with Crippen molar-refractivity contribution in [2.45, 2.75) is 32.4 Å². The monoisotopic (exact) mass is 272 g/mol. The fraction of sp³-hybridized carbons (Fsp3) is 0.312. The molecule has 3 nitrogen and oxygen atoms in total. The van der Waals surface area contributed by atoms with Crippen molar-refractivity contribution < 1.29 is 9.13 Å². The van der Waals surface area contributed by atoms with Crippen molar-refractivity contribution in [2.75, 3.05) is 5.32 Å². The SMILES string of the molecule is CC1(C)Cc2cccc(CNc3cccc(F)n3)c2O1. The van der Waals surface area contributed by atoms with Gasteiger partial charge in [0.15, 0.2) is 0 Å². The summed E-state index contributed by atoms with van der Waals surface area (Å²) < 4.78 is 19.0. The highest BCUT2D eigenvalue weighted by molar-refractivity contribution is 5.47. The Kier molecular flexibility index (Phi) is 3.08. The molecule has 0 aliphatic carbocycles. The molecule has 0 bridgehead atoms. The third kappa shape index (κ3) is 2.59. The summed E-state index contributed by atoms with van der Waals surface area (Å²) >= 11 is 0. The van der Waals surface area contributed by atoms with Crippen molar-refractivity contribution in [3.63, 3.8) is 0 Å². The number of ether oxygens (including phenoxy) is 1. The summed E-state index contributed by atoms with van der Waals surface area (Å²) in [5.41, 5.74) is 2.14. The van der Waals surface area contributed by atoms with E-state index in [0.29, 0.717) is 12.4 Å². The van der Waals surface area contributed by atoms with Gasteiger partial charge in [0.05, 0.1) is 0 Å². The van der Waals surface area contributed by atoms with Crippen LogP contribution in [0.25, 0.3) is 0 Å². The molecule has 1 N–H and O–H groups in total. The summed E-state index contributed by atoms with van der Waals surface area (Å²) in [4.78, 5) is 3.79. The third-order valence-electron chi connectivity index (χ3n) is 3.35. The minimum absolute atomic E-state index is 0.157. The first-order valence-corrected chi connectivity index (χ1v) is 6.70. The highest BCUT2D eigenvalue weighted by atomic mass is 19.1. The van der Waals surface area contributed by atoms with Gasteiger partial charge in [-0.3, -0.25) is 0 Å². The van der Waals surface area contributed by atoms with Crippen molar-refractivity contribution in [3.8, 4) is 5.75 Å². The zero-order chi connectivity index (χ0) is 14.2. The summed E-state index contributed by atoms with van der Waals surface area (Å²) in [5, 5.41) is 3.13. The van der Waals surface area contributed by atoms with Crippen LogP contribution >= 0.6 is 0 Å². The van der Waals surface area contributed by atoms with Crippen molar-refractivity contribution in [1.29, 1.82) is 0 Å². The van der Waals surface area contributed by atoms with Crippen molar-refractivity contribution >= 4 is 5.82 Å². The van der Waals surface area contributed by atoms with Crippen LogP contribution in [0, 0.1) is 5.95 Å². The zero-order valence-corrected chi connectivity index (χ0v) is 11.6. The molecule has 0 fully saturated rings. The Morgan fingerprint density at radius 1 is 1.25 bits per heavy atom. The molecule has 0 spiro atoms. The van der Waals surface area contributed by atoms with E-state index < -0.39 is 5.95 Å². The van der Waals surface area contributed by atoms with Crippen LogP contribution in [0.1, 0.15) is 25.0 Å². The Morgan fingerprint density at radius 3 is 2.85 bits per heavy atom. The van der Waals surface area contributed by atoms with Gasteiger partial charge in [-0.25, -0.2) is 4.98 Å². The molecule has 2 heterocycles. The van der Waals surface area contributed by atoms with Crippen LogP contribution in [0.5, 0.6) is 5.75 Å². The molecule has 0 amide bonds. The molecule has 0 unspecified atom stereocenters. The molecule has 4 heteroatoms. The Hall–Kier alpha value is -2.10. The second kappa shape index (κ2) is 4.78. The van der Waals surface area contributed by atoms with Gasteiger partial charge in [-0.1, -0.05) is 24.3 Å². The van der Waals surface area contributed by atoms with Gasteiger partial charge in [-0.15, -0.1) is 0 Å². The number of pyridine rings is 1. The van der Waals surface area contributed by atoms with Gasteiger partial charge < -0.3 is 10.1 Å². The van der Waals surface area contributed by atoms with Crippen molar-refractivity contribution in [3.05, 3.63) is 53.5 Å². The molecular formula is C16H17FN2O. The molecule has 0 atom stereocenters. The second-order valence-corrected chi connectivity index (χ2v) is 5.64. The fourth-order valence-corrected chi connectivity index (χ4v) is 2.51. The Balaban J connectivity index is 1.78. The standard InChI is InChI=1S/C16H17FN2O/c1-16(2)9-11-5-3-6-12(15(11)20-16)10-18-14-8-4-7-13(17)19-14/h3-8H,9-10H2,1-2H3,(H,18,19). The second-order valence-electron chi connectivity index (χ2n) is 5.64. The molecule has 3 rings (SSSR count). The molecule has 2 aromatic rings. The van der Waals surface area contributed by atoms with E-state index >= 15 is 0 Å². The Bertz CT molecular complexity index is 640. The van der Waals surface area contributed by atoms with E-state index in [4.69, 9.17) is 4.74 Å². The largest absolute Gasteiger partial charge is 0.487 e. The first-order valence-electron chi connectivity index (χ1n) is 6.70. The smallest absolute Gasteiger partial charge is 0.214 e. The number of aromatic nitrogens is 1. The number of benzene rings is 1. The zero-order valence-electron chi connectivity index (χ0n) is 11.6. The van der Waals surface area contributed by atoms with E-state index in [-0.39, 0.29) is 5.60 Å². The highest BCUT2D eigenvalue weighted by Crippen LogP contribution is 2.37. The van der Waals surface area contributed by atoms with Crippen LogP contribution in [0.4, 0.5) is 10.2 Å². The van der Waals surface area contributed by atoms with E-state index in [0.717, 1.165) is 17.7 Å². The van der Waals surface area contributed by atoms with Crippen LogP contribution in [0.15, 0.2) is 36.4 Å². The van der Waals surface area contributed by atoms with E-state index in [1.54, 1.807) is 12.1 Å². The number of nitrogens with zero attached hydrogens (tertiary/aromatic N) is 1. The van der Waals surface area contributed by atoms with Crippen molar-refractivity contribution in [2.24, 2.45) is 0 Å². The van der Waals surface area contributed by atoms with Gasteiger partial charge in [0.1, 0.15) is 17.2 Å². The number of anilines is 1. The summed E-state index contributed by atoms with van der Waals surface area (Å²) in [6, 6.07) is 10.9. The maximum Gasteiger partial charge on any atom is 0.214 e. The molecule has 1 aromatic heterocycles. The average molecular weight is 272 g/mol. The highest BCUT2D eigenvalue weighted by Gasteiger charge is 2.31. The van der Waals surface area contributed by atoms with Gasteiger partial charge in [0, 0.05) is 18.5 Å². The molecule has 1 aromatic carbocycles. The molecular weight excluding hydrogens is 255 g/mol. The molecule has 1 aliphatic rings. The number of hydrogen-bond donors (Lipinski definition) is 1. The Labute approximate surface area is 117 Å². The summed E-state index contributed by atoms with van der Waals surface area (Å²) in [7, 11) is 0. The number of hydrogen-bond acceptors (Lipinski definition) is 3. The van der Waals surface area contributed by atoms with Crippen LogP contribution < -0.4 is 10.1 Å². The summed E-state index contributed by atoms with van der Waals surface area (Å²) in [6.07, 6.45) is 0.911. The lowest BCUT2D eigenvalue weighted by Gasteiger charge is -2.18. The van der Waals surface area contributed by atoms with Gasteiger partial charge in [-0.05, 0) is 31.5 Å². The predicted molar refractivity (Wildman–Crippen MR) is 76.4 cm³/mol. The van der Waals surface area contributed by atoms with Crippen LogP contribution in [0.2, 0.25) is 0 Å². The predicted octanol–water partition coefficient (Wildman–Crippen LogP) is 3.55. The maximum absolute atomic E-state index is 13.0. The summed E-state index contributed by atoms with van der Waals surface area (Å²) in [5.74, 6) is 0.993.